The molecule has 0 fully saturated rings. The minimum absolute atomic E-state index is 0.467. The molecule has 0 amide bonds. The minimum atomic E-state index is -0.728. The summed E-state index contributed by atoms with van der Waals surface area (Å²) < 4.78 is 10.9. The number of aliphatic hydroxyl groups excluding tert-OH is 2. The van der Waals surface area contributed by atoms with Crippen molar-refractivity contribution < 1.29 is 19.7 Å². The highest BCUT2D eigenvalue weighted by Gasteiger charge is 2.18. The molecule has 1 aromatic rings. The molecule has 0 aliphatic carbocycles. The number of aryl methyl sites for hydroxylation is 1. The van der Waals surface area contributed by atoms with Gasteiger partial charge < -0.3 is 19.7 Å². The molecular weight excluding hydrogens is 268 g/mol. The van der Waals surface area contributed by atoms with E-state index >= 15 is 0 Å². The van der Waals surface area contributed by atoms with E-state index in [0.29, 0.717) is 49.0 Å². The number of rotatable bonds is 5. The highest BCUT2D eigenvalue weighted by atomic mass is 35.5. The molecule has 2 N–H and O–H groups in total. The van der Waals surface area contributed by atoms with Gasteiger partial charge in [0.25, 0.3) is 0 Å². The van der Waals surface area contributed by atoms with Crippen molar-refractivity contribution in [3.63, 3.8) is 0 Å². The van der Waals surface area contributed by atoms with Crippen LogP contribution in [-0.4, -0.2) is 35.6 Å². The lowest BCUT2D eigenvalue weighted by molar-refractivity contribution is 0.0130. The van der Waals surface area contributed by atoms with Crippen molar-refractivity contribution in [2.45, 2.75) is 38.4 Å². The van der Waals surface area contributed by atoms with Crippen molar-refractivity contribution in [2.24, 2.45) is 0 Å². The zero-order valence-corrected chi connectivity index (χ0v) is 11.7. The third-order valence-corrected chi connectivity index (χ3v) is 3.63. The molecule has 2 atom stereocenters. The van der Waals surface area contributed by atoms with E-state index < -0.39 is 12.2 Å². The summed E-state index contributed by atoms with van der Waals surface area (Å²) in [5.74, 6) is 1.35. The first-order chi connectivity index (χ1) is 9.11. The van der Waals surface area contributed by atoms with Crippen LogP contribution < -0.4 is 9.47 Å². The average Bonchev–Trinajstić information content (AvgIpc) is 2.43. The van der Waals surface area contributed by atoms with E-state index in [9.17, 15) is 10.2 Å². The molecule has 2 rings (SSSR count). The summed E-state index contributed by atoms with van der Waals surface area (Å²) in [5.41, 5.74) is 0.897. The average molecular weight is 287 g/mol. The van der Waals surface area contributed by atoms with Gasteiger partial charge in [-0.15, -0.1) is 0 Å². The van der Waals surface area contributed by atoms with E-state index in [4.69, 9.17) is 21.1 Å². The van der Waals surface area contributed by atoms with Gasteiger partial charge in [-0.05, 0) is 30.9 Å². The van der Waals surface area contributed by atoms with Crippen LogP contribution >= 0.6 is 11.6 Å². The summed E-state index contributed by atoms with van der Waals surface area (Å²) in [6, 6.07) is 3.59. The van der Waals surface area contributed by atoms with Crippen LogP contribution in [0.2, 0.25) is 5.02 Å². The fourth-order valence-corrected chi connectivity index (χ4v) is 2.31. The maximum Gasteiger partial charge on any atom is 0.162 e. The zero-order valence-electron chi connectivity index (χ0n) is 10.9. The summed E-state index contributed by atoms with van der Waals surface area (Å²) in [6.07, 6.45) is 0.184. The molecule has 0 saturated heterocycles. The summed E-state index contributed by atoms with van der Waals surface area (Å²) in [4.78, 5) is 0. The highest BCUT2D eigenvalue weighted by molar-refractivity contribution is 6.31. The van der Waals surface area contributed by atoms with E-state index in [1.807, 2.05) is 13.0 Å². The van der Waals surface area contributed by atoms with E-state index in [0.717, 1.165) is 5.56 Å². The lowest BCUT2D eigenvalue weighted by Gasteiger charge is -2.20. The van der Waals surface area contributed by atoms with Crippen LogP contribution in [0.1, 0.15) is 25.3 Å². The molecule has 1 aliphatic heterocycles. The number of ether oxygens (including phenoxy) is 2. The minimum Gasteiger partial charge on any atom is -0.486 e. The summed E-state index contributed by atoms with van der Waals surface area (Å²) >= 11 is 6.18. The quantitative estimate of drug-likeness (QED) is 0.871. The SMILES string of the molecule is CCC(O)C(O)CCc1cc2c(cc1Cl)OCCO2. The smallest absolute Gasteiger partial charge is 0.162 e. The van der Waals surface area contributed by atoms with Gasteiger partial charge in [-0.25, -0.2) is 0 Å². The van der Waals surface area contributed by atoms with E-state index in [2.05, 4.69) is 0 Å². The fraction of sp³-hybridized carbons (Fsp3) is 0.571. The Morgan fingerprint density at radius 2 is 1.79 bits per heavy atom. The lowest BCUT2D eigenvalue weighted by atomic mass is 10.0. The standard InChI is InChI=1S/C14H19ClO4/c1-2-11(16)12(17)4-3-9-7-13-14(8-10(9)15)19-6-5-18-13/h7-8,11-12,16-17H,2-6H2,1H3. The molecule has 0 saturated carbocycles. The zero-order chi connectivity index (χ0) is 13.8. The number of fused-ring (bicyclic) bond motifs is 1. The summed E-state index contributed by atoms with van der Waals surface area (Å²) in [6.45, 7) is 2.90. The summed E-state index contributed by atoms with van der Waals surface area (Å²) in [7, 11) is 0. The molecule has 1 aromatic carbocycles. The number of halogens is 1. The van der Waals surface area contributed by atoms with E-state index in [1.54, 1.807) is 6.07 Å². The van der Waals surface area contributed by atoms with Gasteiger partial charge in [0.2, 0.25) is 0 Å². The van der Waals surface area contributed by atoms with Crippen LogP contribution in [-0.2, 0) is 6.42 Å². The largest absolute Gasteiger partial charge is 0.486 e. The maximum absolute atomic E-state index is 9.76. The Kier molecular flexibility index (Phi) is 4.91. The van der Waals surface area contributed by atoms with Gasteiger partial charge in [0.05, 0.1) is 12.2 Å². The lowest BCUT2D eigenvalue weighted by Crippen LogP contribution is -2.25. The van der Waals surface area contributed by atoms with Crippen molar-refractivity contribution in [2.75, 3.05) is 13.2 Å². The van der Waals surface area contributed by atoms with Gasteiger partial charge in [0, 0.05) is 11.1 Å². The number of hydrogen-bond donors (Lipinski definition) is 2. The molecule has 0 aromatic heterocycles. The number of aliphatic hydroxyl groups is 2. The first-order valence-corrected chi connectivity index (χ1v) is 6.93. The third-order valence-electron chi connectivity index (χ3n) is 3.28. The highest BCUT2D eigenvalue weighted by Crippen LogP contribution is 2.35. The first-order valence-electron chi connectivity index (χ1n) is 6.56. The van der Waals surface area contributed by atoms with Crippen LogP contribution in [0.5, 0.6) is 11.5 Å². The molecule has 1 heterocycles. The Morgan fingerprint density at radius 3 is 2.42 bits per heavy atom. The predicted octanol–water partition coefficient (Wildman–Crippen LogP) is 2.18. The second-order valence-electron chi connectivity index (χ2n) is 4.67. The number of hydrogen-bond acceptors (Lipinski definition) is 4. The number of benzene rings is 1. The van der Waals surface area contributed by atoms with Crippen molar-refractivity contribution in [1.82, 2.24) is 0 Å². The Balaban J connectivity index is 2.04. The maximum atomic E-state index is 9.76. The van der Waals surface area contributed by atoms with Crippen LogP contribution in [0.15, 0.2) is 12.1 Å². The molecule has 1 aliphatic rings. The van der Waals surface area contributed by atoms with Gasteiger partial charge >= 0.3 is 0 Å². The van der Waals surface area contributed by atoms with Crippen molar-refractivity contribution >= 4 is 11.6 Å². The van der Waals surface area contributed by atoms with E-state index in [1.165, 1.54) is 0 Å². The van der Waals surface area contributed by atoms with Gasteiger partial charge in [-0.2, -0.15) is 0 Å². The van der Waals surface area contributed by atoms with Crippen molar-refractivity contribution in [3.05, 3.63) is 22.7 Å². The second kappa shape index (κ2) is 6.46. The molecule has 0 bridgehead atoms. The molecule has 4 nitrogen and oxygen atoms in total. The third kappa shape index (κ3) is 3.53. The second-order valence-corrected chi connectivity index (χ2v) is 5.08. The Hall–Kier alpha value is -0.970. The molecule has 2 unspecified atom stereocenters. The molecular formula is C14H19ClO4. The Labute approximate surface area is 117 Å². The monoisotopic (exact) mass is 286 g/mol. The summed E-state index contributed by atoms with van der Waals surface area (Å²) in [5, 5.41) is 19.9. The van der Waals surface area contributed by atoms with Crippen LogP contribution in [0.3, 0.4) is 0 Å². The van der Waals surface area contributed by atoms with Crippen LogP contribution in [0, 0.1) is 0 Å². The topological polar surface area (TPSA) is 58.9 Å². The Bertz CT molecular complexity index is 436. The van der Waals surface area contributed by atoms with Gasteiger partial charge in [-0.3, -0.25) is 0 Å². The van der Waals surface area contributed by atoms with Gasteiger partial charge in [0.1, 0.15) is 13.2 Å². The van der Waals surface area contributed by atoms with Crippen molar-refractivity contribution in [1.29, 1.82) is 0 Å². The van der Waals surface area contributed by atoms with Crippen LogP contribution in [0.25, 0.3) is 0 Å². The van der Waals surface area contributed by atoms with Crippen molar-refractivity contribution in [3.8, 4) is 11.5 Å². The molecule has 0 spiro atoms. The molecule has 106 valence electrons. The Morgan fingerprint density at radius 1 is 1.16 bits per heavy atom. The molecule has 5 heteroatoms. The van der Waals surface area contributed by atoms with Crippen LogP contribution in [0.4, 0.5) is 0 Å². The first kappa shape index (κ1) is 14.4. The normalized spacial score (nSPS) is 17.1. The van der Waals surface area contributed by atoms with E-state index in [-0.39, 0.29) is 0 Å². The fourth-order valence-electron chi connectivity index (χ4n) is 2.07. The molecule has 0 radical (unpaired) electrons. The predicted molar refractivity (Wildman–Crippen MR) is 73.1 cm³/mol. The van der Waals surface area contributed by atoms with Gasteiger partial charge in [-0.1, -0.05) is 18.5 Å². The van der Waals surface area contributed by atoms with Gasteiger partial charge in [0.15, 0.2) is 11.5 Å². The molecule has 19 heavy (non-hydrogen) atoms.